The topological polar surface area (TPSA) is 43.4 Å². The summed E-state index contributed by atoms with van der Waals surface area (Å²) >= 11 is 5.71. The Morgan fingerprint density at radius 3 is 2.31 bits per heavy atom. The average Bonchev–Trinajstić information content (AvgIpc) is 2.17. The van der Waals surface area contributed by atoms with E-state index in [9.17, 15) is 9.32 Å². The van der Waals surface area contributed by atoms with E-state index in [1.807, 2.05) is 0 Å². The van der Waals surface area contributed by atoms with Crippen LogP contribution in [0.5, 0.6) is 0 Å². The Morgan fingerprint density at radius 2 is 1.88 bits per heavy atom. The summed E-state index contributed by atoms with van der Waals surface area (Å²) in [4.78, 5) is 0. The van der Waals surface area contributed by atoms with E-state index in [-0.39, 0.29) is 5.76 Å². The molecule has 0 saturated carbocycles. The molecule has 0 saturated heterocycles. The van der Waals surface area contributed by atoms with Crippen molar-refractivity contribution in [1.29, 1.82) is 0 Å². The first-order valence-electron chi connectivity index (χ1n) is 4.64. The van der Waals surface area contributed by atoms with Crippen LogP contribution in [0.2, 0.25) is 5.02 Å². The van der Waals surface area contributed by atoms with Crippen molar-refractivity contribution in [3.63, 3.8) is 0 Å². The van der Waals surface area contributed by atoms with Gasteiger partial charge >= 0.3 is 0 Å². The van der Waals surface area contributed by atoms with Gasteiger partial charge in [0.15, 0.2) is 10.1 Å². The van der Waals surface area contributed by atoms with E-state index in [0.717, 1.165) is 0 Å². The van der Waals surface area contributed by atoms with Crippen molar-refractivity contribution in [2.24, 2.45) is 0 Å². The molecule has 1 aromatic carbocycles. The Labute approximate surface area is 102 Å². The minimum absolute atomic E-state index is 0.252. The van der Waals surface area contributed by atoms with E-state index in [1.54, 1.807) is 38.4 Å². The first-order chi connectivity index (χ1) is 7.33. The highest BCUT2D eigenvalue weighted by molar-refractivity contribution is 8.03. The van der Waals surface area contributed by atoms with Gasteiger partial charge in [0.1, 0.15) is 11.7 Å². The average molecular weight is 260 g/mol. The number of nitrogens with zero attached hydrogens (tertiary/aromatic N) is 1. The second-order valence-electron chi connectivity index (χ2n) is 3.66. The molecule has 0 aliphatic carbocycles. The Kier molecular flexibility index (Phi) is 4.13. The van der Waals surface area contributed by atoms with Crippen LogP contribution in [-0.2, 0) is 14.3 Å². The molecule has 0 aliphatic rings. The Hall–Kier alpha value is -0.840. The summed E-state index contributed by atoms with van der Waals surface area (Å²) in [6.45, 7) is 0. The lowest BCUT2D eigenvalue weighted by molar-refractivity contribution is -0.243. The molecule has 1 atom stereocenters. The van der Waals surface area contributed by atoms with Crippen LogP contribution in [0.4, 0.5) is 0 Å². The standard InChI is InChI=1S/C11H14ClNO2S/c1-13(2)16(3,15)8-11(14)9-4-6-10(12)7-5-9/h4-8H,1-3H3. The number of halogens is 1. The van der Waals surface area contributed by atoms with Crippen molar-refractivity contribution in [1.82, 2.24) is 4.31 Å². The van der Waals surface area contributed by atoms with Crippen LogP contribution in [0, 0.1) is 0 Å². The maximum atomic E-state index is 12.0. The van der Waals surface area contributed by atoms with Crippen LogP contribution in [0.15, 0.2) is 29.7 Å². The third-order valence-corrected chi connectivity index (χ3v) is 4.53. The summed E-state index contributed by atoms with van der Waals surface area (Å²) in [5.41, 5.74) is 0.487. The van der Waals surface area contributed by atoms with E-state index < -0.39 is 10.1 Å². The highest BCUT2D eigenvalue weighted by atomic mass is 35.5. The summed E-state index contributed by atoms with van der Waals surface area (Å²) in [5.74, 6) is -0.252. The van der Waals surface area contributed by atoms with Crippen molar-refractivity contribution >= 4 is 27.5 Å². The maximum Gasteiger partial charge on any atom is 0.179 e. The minimum atomic E-state index is -2.38. The van der Waals surface area contributed by atoms with Crippen LogP contribution < -0.4 is 5.11 Å². The van der Waals surface area contributed by atoms with E-state index in [2.05, 4.69) is 0 Å². The van der Waals surface area contributed by atoms with Crippen LogP contribution in [0.1, 0.15) is 5.56 Å². The largest absolute Gasteiger partial charge is 0.869 e. The molecular weight excluding hydrogens is 246 g/mol. The molecule has 1 unspecified atom stereocenters. The van der Waals surface area contributed by atoms with Gasteiger partial charge in [-0.2, -0.15) is 0 Å². The molecule has 1 aromatic rings. The third kappa shape index (κ3) is 3.33. The number of hydrogen-bond donors (Lipinski definition) is 0. The summed E-state index contributed by atoms with van der Waals surface area (Å²) in [5, 5.41) is 13.6. The lowest BCUT2D eigenvalue weighted by atomic mass is 10.2. The van der Waals surface area contributed by atoms with Gasteiger partial charge in [0.2, 0.25) is 0 Å². The van der Waals surface area contributed by atoms with Gasteiger partial charge in [-0.1, -0.05) is 33.7 Å². The van der Waals surface area contributed by atoms with Crippen LogP contribution >= 0.6 is 11.6 Å². The van der Waals surface area contributed by atoms with Gasteiger partial charge in [-0.05, 0) is 17.7 Å². The van der Waals surface area contributed by atoms with E-state index in [4.69, 9.17) is 11.6 Å². The molecule has 0 N–H and O–H groups in total. The highest BCUT2D eigenvalue weighted by Gasteiger charge is 2.20. The van der Waals surface area contributed by atoms with E-state index in [1.165, 1.54) is 16.0 Å². The van der Waals surface area contributed by atoms with Crippen molar-refractivity contribution < 1.29 is 9.32 Å². The van der Waals surface area contributed by atoms with Crippen LogP contribution in [0.25, 0.3) is 5.76 Å². The molecule has 0 radical (unpaired) electrons. The number of rotatable bonds is 3. The Balaban J connectivity index is 3.02. The van der Waals surface area contributed by atoms with Gasteiger partial charge in [0.25, 0.3) is 0 Å². The molecule has 88 valence electrons. The monoisotopic (exact) mass is 259 g/mol. The SMILES string of the molecule is CN(C)[S+](C)(=O)/C=C(/[O-])c1ccc(Cl)cc1. The summed E-state index contributed by atoms with van der Waals surface area (Å²) < 4.78 is 13.5. The van der Waals surface area contributed by atoms with Crippen molar-refractivity contribution in [2.45, 2.75) is 0 Å². The molecule has 3 nitrogen and oxygen atoms in total. The third-order valence-electron chi connectivity index (χ3n) is 2.18. The van der Waals surface area contributed by atoms with Crippen LogP contribution in [0.3, 0.4) is 0 Å². The first-order valence-corrected chi connectivity index (χ1v) is 7.01. The predicted molar refractivity (Wildman–Crippen MR) is 67.1 cm³/mol. The molecule has 0 aliphatic heterocycles. The smallest absolute Gasteiger partial charge is 0.179 e. The molecule has 0 aromatic heterocycles. The predicted octanol–water partition coefficient (Wildman–Crippen LogP) is 1.60. The molecule has 0 spiro atoms. The van der Waals surface area contributed by atoms with Gasteiger partial charge in [-0.25, -0.2) is 0 Å². The lowest BCUT2D eigenvalue weighted by Crippen LogP contribution is -2.26. The van der Waals surface area contributed by atoms with Gasteiger partial charge in [0.05, 0.1) is 0 Å². The van der Waals surface area contributed by atoms with Gasteiger partial charge < -0.3 is 5.11 Å². The summed E-state index contributed by atoms with van der Waals surface area (Å²) in [6, 6.07) is 6.50. The first kappa shape index (κ1) is 13.2. The second-order valence-corrected chi connectivity index (χ2v) is 6.79. The fourth-order valence-corrected chi connectivity index (χ4v) is 1.86. The molecular formula is C11H14ClNO2S. The molecule has 0 fully saturated rings. The molecule has 0 heterocycles. The fraction of sp³-hybridized carbons (Fsp3) is 0.273. The normalized spacial score (nSPS) is 16.2. The Morgan fingerprint density at radius 1 is 1.38 bits per heavy atom. The van der Waals surface area contributed by atoms with Crippen molar-refractivity contribution in [3.05, 3.63) is 40.3 Å². The lowest BCUT2D eigenvalue weighted by Gasteiger charge is -2.15. The highest BCUT2D eigenvalue weighted by Crippen LogP contribution is 2.17. The molecule has 1 rings (SSSR count). The summed E-state index contributed by atoms with van der Waals surface area (Å²) in [6.07, 6.45) is 1.53. The zero-order valence-corrected chi connectivity index (χ0v) is 11.0. The molecule has 0 amide bonds. The number of benzene rings is 1. The van der Waals surface area contributed by atoms with E-state index in [0.29, 0.717) is 10.6 Å². The van der Waals surface area contributed by atoms with Crippen molar-refractivity contribution in [3.8, 4) is 0 Å². The second kappa shape index (κ2) is 4.99. The van der Waals surface area contributed by atoms with Crippen LogP contribution in [-0.4, -0.2) is 24.7 Å². The quantitative estimate of drug-likeness (QED) is 0.611. The maximum absolute atomic E-state index is 12.0. The zero-order chi connectivity index (χ0) is 12.3. The van der Waals surface area contributed by atoms with Gasteiger partial charge in [-0.15, -0.1) is 4.31 Å². The summed E-state index contributed by atoms with van der Waals surface area (Å²) in [7, 11) is 0.969. The molecule has 16 heavy (non-hydrogen) atoms. The minimum Gasteiger partial charge on any atom is -0.869 e. The molecule has 5 heteroatoms. The van der Waals surface area contributed by atoms with E-state index >= 15 is 0 Å². The Bertz CT molecular complexity index is 440. The zero-order valence-electron chi connectivity index (χ0n) is 9.44. The van der Waals surface area contributed by atoms with Gasteiger partial charge in [-0.3, -0.25) is 0 Å². The number of hydrogen-bond acceptors (Lipinski definition) is 2. The molecule has 0 bridgehead atoms. The van der Waals surface area contributed by atoms with Crippen molar-refractivity contribution in [2.75, 3.05) is 20.4 Å². The fourth-order valence-electron chi connectivity index (χ4n) is 0.986. The van der Waals surface area contributed by atoms with Gasteiger partial charge in [0, 0.05) is 19.1 Å².